The smallest absolute Gasteiger partial charge is 0.211 e. The van der Waals surface area contributed by atoms with Crippen LogP contribution in [0.1, 0.15) is 6.92 Å². The number of sulfonamides is 1. The van der Waals surface area contributed by atoms with Crippen molar-refractivity contribution in [3.8, 4) is 11.1 Å². The average molecular weight is 261 g/mol. The van der Waals surface area contributed by atoms with Gasteiger partial charge in [-0.1, -0.05) is 55.5 Å². The molecule has 2 rings (SSSR count). The fourth-order valence-electron chi connectivity index (χ4n) is 1.82. The standard InChI is InChI=1S/C14H15NO2S/c1-2-15-18(16,17)14-11-7-6-10-13(14)12-8-4-3-5-9-12/h3-11,15H,2H2,1H3. The van der Waals surface area contributed by atoms with Crippen LogP contribution in [0.2, 0.25) is 0 Å². The summed E-state index contributed by atoms with van der Waals surface area (Å²) in [7, 11) is -3.44. The van der Waals surface area contributed by atoms with Crippen LogP contribution in [0.4, 0.5) is 0 Å². The lowest BCUT2D eigenvalue weighted by atomic mass is 10.1. The Morgan fingerprint density at radius 2 is 1.56 bits per heavy atom. The van der Waals surface area contributed by atoms with Gasteiger partial charge in [-0.3, -0.25) is 0 Å². The topological polar surface area (TPSA) is 46.2 Å². The van der Waals surface area contributed by atoms with Gasteiger partial charge in [0.25, 0.3) is 0 Å². The lowest BCUT2D eigenvalue weighted by Gasteiger charge is -2.10. The van der Waals surface area contributed by atoms with Crippen LogP contribution in [-0.4, -0.2) is 15.0 Å². The third-order valence-electron chi connectivity index (χ3n) is 2.60. The summed E-state index contributed by atoms with van der Waals surface area (Å²) < 4.78 is 26.8. The quantitative estimate of drug-likeness (QED) is 0.919. The van der Waals surface area contributed by atoms with Gasteiger partial charge in [-0.05, 0) is 11.6 Å². The van der Waals surface area contributed by atoms with Crippen LogP contribution in [0.15, 0.2) is 59.5 Å². The maximum Gasteiger partial charge on any atom is 0.241 e. The highest BCUT2D eigenvalue weighted by Gasteiger charge is 2.17. The molecule has 0 saturated heterocycles. The molecule has 0 aliphatic heterocycles. The Morgan fingerprint density at radius 3 is 2.22 bits per heavy atom. The molecule has 0 atom stereocenters. The zero-order valence-electron chi connectivity index (χ0n) is 10.1. The third-order valence-corrected chi connectivity index (χ3v) is 4.20. The number of nitrogens with one attached hydrogen (secondary N) is 1. The van der Waals surface area contributed by atoms with Crippen molar-refractivity contribution in [2.45, 2.75) is 11.8 Å². The van der Waals surface area contributed by atoms with E-state index in [-0.39, 0.29) is 0 Å². The Hall–Kier alpha value is -1.65. The molecule has 3 nitrogen and oxygen atoms in total. The number of benzene rings is 2. The second-order valence-electron chi connectivity index (χ2n) is 3.86. The van der Waals surface area contributed by atoms with E-state index in [0.29, 0.717) is 11.4 Å². The first kappa shape index (κ1) is 12.8. The van der Waals surface area contributed by atoms with Crippen molar-refractivity contribution < 1.29 is 8.42 Å². The van der Waals surface area contributed by atoms with E-state index < -0.39 is 10.0 Å². The van der Waals surface area contributed by atoms with Gasteiger partial charge in [0.2, 0.25) is 10.0 Å². The summed E-state index contributed by atoms with van der Waals surface area (Å²) in [6.45, 7) is 2.15. The van der Waals surface area contributed by atoms with Gasteiger partial charge in [-0.15, -0.1) is 0 Å². The minimum absolute atomic E-state index is 0.318. The van der Waals surface area contributed by atoms with Crippen LogP contribution in [-0.2, 0) is 10.0 Å². The normalized spacial score (nSPS) is 11.4. The molecule has 0 aliphatic rings. The van der Waals surface area contributed by atoms with Crippen LogP contribution in [0, 0.1) is 0 Å². The van der Waals surface area contributed by atoms with Gasteiger partial charge in [0, 0.05) is 12.1 Å². The monoisotopic (exact) mass is 261 g/mol. The predicted molar refractivity (Wildman–Crippen MR) is 72.7 cm³/mol. The molecule has 0 amide bonds. The van der Waals surface area contributed by atoms with Gasteiger partial charge in [-0.25, -0.2) is 13.1 Å². The van der Waals surface area contributed by atoms with Gasteiger partial charge in [-0.2, -0.15) is 0 Å². The molecule has 0 heterocycles. The average Bonchev–Trinajstić information content (AvgIpc) is 2.40. The van der Waals surface area contributed by atoms with Gasteiger partial charge in [0.05, 0.1) is 4.90 Å². The van der Waals surface area contributed by atoms with Crippen molar-refractivity contribution in [1.82, 2.24) is 4.72 Å². The molecular formula is C14H15NO2S. The number of hydrogen-bond donors (Lipinski definition) is 1. The van der Waals surface area contributed by atoms with E-state index >= 15 is 0 Å². The largest absolute Gasteiger partial charge is 0.241 e. The summed E-state index contributed by atoms with van der Waals surface area (Å²) in [6, 6.07) is 16.5. The van der Waals surface area contributed by atoms with Crippen LogP contribution in [0.3, 0.4) is 0 Å². The fourth-order valence-corrected chi connectivity index (χ4v) is 3.09. The molecule has 0 fully saturated rings. The zero-order valence-corrected chi connectivity index (χ0v) is 10.9. The fraction of sp³-hybridized carbons (Fsp3) is 0.143. The highest BCUT2D eigenvalue weighted by molar-refractivity contribution is 7.89. The SMILES string of the molecule is CCNS(=O)(=O)c1ccccc1-c1ccccc1. The molecule has 2 aromatic rings. The minimum atomic E-state index is -3.44. The molecule has 0 bridgehead atoms. The van der Waals surface area contributed by atoms with E-state index in [1.54, 1.807) is 19.1 Å². The molecule has 0 spiro atoms. The highest BCUT2D eigenvalue weighted by atomic mass is 32.2. The van der Waals surface area contributed by atoms with Crippen molar-refractivity contribution in [1.29, 1.82) is 0 Å². The van der Waals surface area contributed by atoms with Crippen molar-refractivity contribution in [2.24, 2.45) is 0 Å². The second kappa shape index (κ2) is 5.33. The maximum atomic E-state index is 12.1. The van der Waals surface area contributed by atoms with E-state index in [0.717, 1.165) is 11.1 Å². The lowest BCUT2D eigenvalue weighted by molar-refractivity contribution is 0.584. The Labute approximate surface area is 108 Å². The summed E-state index contributed by atoms with van der Waals surface area (Å²) in [5.74, 6) is 0. The first-order chi connectivity index (χ1) is 8.65. The van der Waals surface area contributed by atoms with Gasteiger partial charge in [0.15, 0.2) is 0 Å². The van der Waals surface area contributed by atoms with Crippen molar-refractivity contribution in [3.05, 3.63) is 54.6 Å². The number of rotatable bonds is 4. The molecule has 2 aromatic carbocycles. The van der Waals surface area contributed by atoms with Crippen molar-refractivity contribution >= 4 is 10.0 Å². The summed E-state index contributed by atoms with van der Waals surface area (Å²) >= 11 is 0. The van der Waals surface area contributed by atoms with Crippen LogP contribution in [0.5, 0.6) is 0 Å². The first-order valence-electron chi connectivity index (χ1n) is 5.79. The molecule has 1 N–H and O–H groups in total. The van der Waals surface area contributed by atoms with Gasteiger partial charge < -0.3 is 0 Å². The molecule has 94 valence electrons. The molecule has 0 unspecified atom stereocenters. The second-order valence-corrected chi connectivity index (χ2v) is 5.60. The highest BCUT2D eigenvalue weighted by Crippen LogP contribution is 2.26. The van der Waals surface area contributed by atoms with Crippen LogP contribution < -0.4 is 4.72 Å². The Balaban J connectivity index is 2.58. The van der Waals surface area contributed by atoms with E-state index in [1.165, 1.54) is 0 Å². The molecule has 18 heavy (non-hydrogen) atoms. The summed E-state index contributed by atoms with van der Waals surface area (Å²) in [6.07, 6.45) is 0. The number of hydrogen-bond acceptors (Lipinski definition) is 2. The van der Waals surface area contributed by atoms with Crippen LogP contribution in [0.25, 0.3) is 11.1 Å². The third kappa shape index (κ3) is 2.60. The summed E-state index contributed by atoms with van der Waals surface area (Å²) in [4.78, 5) is 0.318. The Morgan fingerprint density at radius 1 is 0.944 bits per heavy atom. The van der Waals surface area contributed by atoms with E-state index in [2.05, 4.69) is 4.72 Å². The first-order valence-corrected chi connectivity index (χ1v) is 7.27. The van der Waals surface area contributed by atoms with E-state index in [4.69, 9.17) is 0 Å². The van der Waals surface area contributed by atoms with Crippen LogP contribution >= 0.6 is 0 Å². The zero-order chi connectivity index (χ0) is 13.0. The Kier molecular flexibility index (Phi) is 3.79. The summed E-state index contributed by atoms with van der Waals surface area (Å²) in [5.41, 5.74) is 1.62. The minimum Gasteiger partial charge on any atom is -0.211 e. The van der Waals surface area contributed by atoms with Crippen molar-refractivity contribution in [3.63, 3.8) is 0 Å². The molecule has 0 aliphatic carbocycles. The van der Waals surface area contributed by atoms with E-state index in [1.807, 2.05) is 42.5 Å². The maximum absolute atomic E-state index is 12.1. The molecule has 0 saturated carbocycles. The van der Waals surface area contributed by atoms with Crippen molar-refractivity contribution in [2.75, 3.05) is 6.54 Å². The van der Waals surface area contributed by atoms with E-state index in [9.17, 15) is 8.42 Å². The molecular weight excluding hydrogens is 246 g/mol. The molecule has 4 heteroatoms. The van der Waals surface area contributed by atoms with Gasteiger partial charge >= 0.3 is 0 Å². The van der Waals surface area contributed by atoms with Gasteiger partial charge in [0.1, 0.15) is 0 Å². The Bertz CT molecular complexity index is 621. The lowest BCUT2D eigenvalue weighted by Crippen LogP contribution is -2.23. The predicted octanol–water partition coefficient (Wildman–Crippen LogP) is 2.65. The molecule has 0 radical (unpaired) electrons. The summed E-state index contributed by atoms with van der Waals surface area (Å²) in [5, 5.41) is 0. The molecule has 0 aromatic heterocycles.